The largest absolute Gasteiger partial charge is 0.396 e. The van der Waals surface area contributed by atoms with Crippen molar-refractivity contribution in [3.05, 3.63) is 0 Å². The number of aliphatic hydroxyl groups is 1. The molecule has 0 spiro atoms. The van der Waals surface area contributed by atoms with E-state index in [2.05, 4.69) is 0 Å². The minimum Gasteiger partial charge on any atom is -0.396 e. The highest BCUT2D eigenvalue weighted by Crippen LogP contribution is 2.19. The van der Waals surface area contributed by atoms with Crippen molar-refractivity contribution in [3.8, 4) is 0 Å². The summed E-state index contributed by atoms with van der Waals surface area (Å²) >= 11 is 0. The van der Waals surface area contributed by atoms with Gasteiger partial charge in [0.2, 0.25) is 0 Å². The van der Waals surface area contributed by atoms with Crippen LogP contribution in [0.5, 0.6) is 0 Å². The maximum atomic E-state index is 10.9. The molecule has 2 fully saturated rings. The number of hydrogen-bond donors (Lipinski definition) is 1. The molecule has 2 rings (SSSR count). The van der Waals surface area contributed by atoms with Gasteiger partial charge in [-0.25, -0.2) is 0 Å². The van der Waals surface area contributed by atoms with Crippen LogP contribution in [0.25, 0.3) is 0 Å². The van der Waals surface area contributed by atoms with Crippen LogP contribution >= 0.6 is 0 Å². The van der Waals surface area contributed by atoms with Gasteiger partial charge in [-0.1, -0.05) is 6.42 Å². The van der Waals surface area contributed by atoms with E-state index >= 15 is 0 Å². The summed E-state index contributed by atoms with van der Waals surface area (Å²) in [6, 6.07) is 0. The molecule has 1 unspecified atom stereocenters. The normalized spacial score (nSPS) is 26.9. The third kappa shape index (κ3) is 4.20. The zero-order valence-corrected chi connectivity index (χ0v) is 8.71. The van der Waals surface area contributed by atoms with E-state index < -0.39 is 0 Å². The smallest absolute Gasteiger partial charge is 0.138 e. The van der Waals surface area contributed by atoms with Gasteiger partial charge in [-0.15, -0.1) is 0 Å². The summed E-state index contributed by atoms with van der Waals surface area (Å²) in [5.74, 6) is 0.225. The monoisotopic (exact) mass is 200 g/mol. The standard InChI is InChI=1S/C7H12O2.C4H8O/c8-5-6-3-1-2-4-7(6)9;1-2-4-5-3-1/h6,8H,1-5H2;1-4H2. The zero-order chi connectivity index (χ0) is 10.2. The van der Waals surface area contributed by atoms with Crippen molar-refractivity contribution in [1.29, 1.82) is 0 Å². The van der Waals surface area contributed by atoms with E-state index in [4.69, 9.17) is 9.84 Å². The molecule has 1 N–H and O–H groups in total. The molecular formula is C11H20O3. The molecule has 1 aliphatic carbocycles. The third-order valence-electron chi connectivity index (χ3n) is 2.73. The lowest BCUT2D eigenvalue weighted by Gasteiger charge is -2.17. The van der Waals surface area contributed by atoms with Crippen molar-refractivity contribution in [2.45, 2.75) is 38.5 Å². The number of ether oxygens (including phenoxy) is 1. The first-order valence-corrected chi connectivity index (χ1v) is 5.56. The van der Waals surface area contributed by atoms with Crippen LogP contribution in [0.1, 0.15) is 38.5 Å². The number of carbonyl (C=O) groups excluding carboxylic acids is 1. The molecule has 0 amide bonds. The summed E-state index contributed by atoms with van der Waals surface area (Å²) < 4.78 is 4.94. The molecule has 1 saturated heterocycles. The molecule has 0 aromatic carbocycles. The van der Waals surface area contributed by atoms with Crippen LogP contribution in [-0.2, 0) is 9.53 Å². The van der Waals surface area contributed by atoms with Crippen LogP contribution in [0.2, 0.25) is 0 Å². The van der Waals surface area contributed by atoms with Crippen molar-refractivity contribution in [2.75, 3.05) is 19.8 Å². The molecule has 1 atom stereocenters. The predicted octanol–water partition coefficient (Wildman–Crippen LogP) is 1.53. The van der Waals surface area contributed by atoms with Gasteiger partial charge in [0.1, 0.15) is 5.78 Å². The second kappa shape index (κ2) is 6.96. The highest BCUT2D eigenvalue weighted by atomic mass is 16.5. The molecular weight excluding hydrogens is 180 g/mol. The van der Waals surface area contributed by atoms with Crippen LogP contribution in [0.4, 0.5) is 0 Å². The molecule has 3 heteroatoms. The van der Waals surface area contributed by atoms with Crippen LogP contribution < -0.4 is 0 Å². The van der Waals surface area contributed by atoms with Gasteiger partial charge in [0.25, 0.3) is 0 Å². The number of carbonyl (C=O) groups is 1. The van der Waals surface area contributed by atoms with Gasteiger partial charge in [-0.2, -0.15) is 0 Å². The van der Waals surface area contributed by atoms with Gasteiger partial charge in [0.05, 0.1) is 6.61 Å². The van der Waals surface area contributed by atoms with E-state index in [-0.39, 0.29) is 18.3 Å². The fourth-order valence-electron chi connectivity index (χ4n) is 1.76. The Bertz CT molecular complexity index is 156. The summed E-state index contributed by atoms with van der Waals surface area (Å²) in [4.78, 5) is 10.9. The fraction of sp³-hybridized carbons (Fsp3) is 0.909. The van der Waals surface area contributed by atoms with Gasteiger partial charge in [-0.3, -0.25) is 4.79 Å². The van der Waals surface area contributed by atoms with Crippen LogP contribution in [-0.4, -0.2) is 30.7 Å². The van der Waals surface area contributed by atoms with E-state index in [1.165, 1.54) is 12.8 Å². The highest BCUT2D eigenvalue weighted by molar-refractivity contribution is 5.81. The minimum absolute atomic E-state index is 0.0289. The molecule has 1 aliphatic heterocycles. The lowest BCUT2D eigenvalue weighted by Crippen LogP contribution is -2.21. The van der Waals surface area contributed by atoms with E-state index in [0.29, 0.717) is 6.42 Å². The lowest BCUT2D eigenvalue weighted by atomic mass is 9.89. The topological polar surface area (TPSA) is 46.5 Å². The quantitative estimate of drug-likeness (QED) is 0.698. The van der Waals surface area contributed by atoms with E-state index in [0.717, 1.165) is 32.5 Å². The molecule has 2 aliphatic rings. The maximum absolute atomic E-state index is 10.9. The molecule has 0 radical (unpaired) electrons. The van der Waals surface area contributed by atoms with Crippen molar-refractivity contribution in [2.24, 2.45) is 5.92 Å². The number of ketones is 1. The molecule has 14 heavy (non-hydrogen) atoms. The Morgan fingerprint density at radius 2 is 1.93 bits per heavy atom. The fourth-order valence-corrected chi connectivity index (χ4v) is 1.76. The molecule has 3 nitrogen and oxygen atoms in total. The molecule has 0 aromatic heterocycles. The van der Waals surface area contributed by atoms with E-state index in [1.807, 2.05) is 0 Å². The zero-order valence-electron chi connectivity index (χ0n) is 8.71. The molecule has 82 valence electrons. The molecule has 0 bridgehead atoms. The summed E-state index contributed by atoms with van der Waals surface area (Å²) in [7, 11) is 0. The lowest BCUT2D eigenvalue weighted by molar-refractivity contribution is -0.125. The van der Waals surface area contributed by atoms with E-state index in [9.17, 15) is 4.79 Å². The number of rotatable bonds is 1. The Labute approximate surface area is 85.5 Å². The average Bonchev–Trinajstić information content (AvgIpc) is 2.76. The Kier molecular flexibility index (Phi) is 5.80. The first kappa shape index (κ1) is 11.7. The summed E-state index contributed by atoms with van der Waals surface area (Å²) in [6.07, 6.45) is 6.27. The van der Waals surface area contributed by atoms with Crippen molar-refractivity contribution in [1.82, 2.24) is 0 Å². The number of aliphatic hydroxyl groups excluding tert-OH is 1. The van der Waals surface area contributed by atoms with Gasteiger partial charge in [-0.05, 0) is 25.7 Å². The first-order chi connectivity index (χ1) is 6.84. The Morgan fingerprint density at radius 1 is 1.21 bits per heavy atom. The number of hydrogen-bond acceptors (Lipinski definition) is 3. The SMILES string of the molecule is C1CCOC1.O=C1CCCCC1CO. The highest BCUT2D eigenvalue weighted by Gasteiger charge is 2.20. The van der Waals surface area contributed by atoms with E-state index in [1.54, 1.807) is 0 Å². The van der Waals surface area contributed by atoms with Crippen LogP contribution in [0.3, 0.4) is 0 Å². The minimum atomic E-state index is -0.0289. The first-order valence-electron chi connectivity index (χ1n) is 5.56. The summed E-state index contributed by atoms with van der Waals surface area (Å²) in [6.45, 7) is 2.05. The Morgan fingerprint density at radius 3 is 2.29 bits per heavy atom. The average molecular weight is 200 g/mol. The van der Waals surface area contributed by atoms with Crippen LogP contribution in [0, 0.1) is 5.92 Å². The van der Waals surface area contributed by atoms with Crippen LogP contribution in [0.15, 0.2) is 0 Å². The van der Waals surface area contributed by atoms with Gasteiger partial charge in [0.15, 0.2) is 0 Å². The van der Waals surface area contributed by atoms with Crippen molar-refractivity contribution >= 4 is 5.78 Å². The van der Waals surface area contributed by atoms with Gasteiger partial charge in [0, 0.05) is 25.6 Å². The number of Topliss-reactive ketones (excluding diaryl/α,β-unsaturated/α-hetero) is 1. The summed E-state index contributed by atoms with van der Waals surface area (Å²) in [5.41, 5.74) is 0. The maximum Gasteiger partial charge on any atom is 0.138 e. The third-order valence-corrected chi connectivity index (χ3v) is 2.73. The van der Waals surface area contributed by atoms with Gasteiger partial charge < -0.3 is 9.84 Å². The van der Waals surface area contributed by atoms with Gasteiger partial charge >= 0.3 is 0 Å². The second-order valence-corrected chi connectivity index (χ2v) is 3.91. The predicted molar refractivity (Wildman–Crippen MR) is 54.1 cm³/mol. The molecule has 1 saturated carbocycles. The Hall–Kier alpha value is -0.410. The van der Waals surface area contributed by atoms with Crippen molar-refractivity contribution in [3.63, 3.8) is 0 Å². The molecule has 1 heterocycles. The second-order valence-electron chi connectivity index (χ2n) is 3.91. The van der Waals surface area contributed by atoms with Crippen molar-refractivity contribution < 1.29 is 14.6 Å². The summed E-state index contributed by atoms with van der Waals surface area (Å²) in [5, 5.41) is 8.64. The molecule has 0 aromatic rings. The Balaban J connectivity index is 0.000000165.